The smallest absolute Gasteiger partial charge is 0.123 e. The Hall–Kier alpha value is -1.32. The fourth-order valence-corrected chi connectivity index (χ4v) is 4.64. The highest BCUT2D eigenvalue weighted by Gasteiger charge is 2.36. The van der Waals surface area contributed by atoms with Crippen LogP contribution < -0.4 is 4.74 Å². The molecule has 3 atom stereocenters. The maximum absolute atomic E-state index is 5.48. The van der Waals surface area contributed by atoms with Crippen LogP contribution in [-0.4, -0.2) is 49.6 Å². The summed E-state index contributed by atoms with van der Waals surface area (Å²) in [4.78, 5) is 5.26. The number of allylic oxidation sites excluding steroid dienone is 2. The molecule has 3 heteroatoms. The number of nitrogens with zero attached hydrogens (tertiary/aromatic N) is 2. The minimum absolute atomic E-state index is 0.881. The first kappa shape index (κ1) is 15.2. The number of rotatable bonds is 5. The van der Waals surface area contributed by atoms with E-state index in [1.54, 1.807) is 7.11 Å². The molecule has 0 amide bonds. The Morgan fingerprint density at radius 3 is 2.48 bits per heavy atom. The minimum atomic E-state index is 0.881. The second-order valence-electron chi connectivity index (χ2n) is 7.43. The lowest BCUT2D eigenvalue weighted by Crippen LogP contribution is -2.47. The molecule has 2 fully saturated rings. The third kappa shape index (κ3) is 3.31. The van der Waals surface area contributed by atoms with Gasteiger partial charge < -0.3 is 9.64 Å². The van der Waals surface area contributed by atoms with Crippen LogP contribution in [0.5, 0.6) is 5.75 Å². The highest BCUT2D eigenvalue weighted by Crippen LogP contribution is 2.43. The number of ether oxygens (including phenoxy) is 1. The van der Waals surface area contributed by atoms with Gasteiger partial charge in [0, 0.05) is 44.8 Å². The lowest BCUT2D eigenvalue weighted by Gasteiger charge is -2.37. The van der Waals surface area contributed by atoms with Crippen molar-refractivity contribution in [3.05, 3.63) is 42.0 Å². The van der Waals surface area contributed by atoms with Crippen LogP contribution in [0.2, 0.25) is 0 Å². The van der Waals surface area contributed by atoms with Crippen LogP contribution in [0.3, 0.4) is 0 Å². The summed E-state index contributed by atoms with van der Waals surface area (Å²) in [7, 11) is 1.76. The minimum Gasteiger partial charge on any atom is -0.496 e. The van der Waals surface area contributed by atoms with Crippen molar-refractivity contribution in [2.75, 3.05) is 39.8 Å². The predicted molar refractivity (Wildman–Crippen MR) is 93.6 cm³/mol. The number of fused-ring (bicyclic) bond motifs is 2. The summed E-state index contributed by atoms with van der Waals surface area (Å²) >= 11 is 0. The predicted octanol–water partition coefficient (Wildman–Crippen LogP) is 3.03. The summed E-state index contributed by atoms with van der Waals surface area (Å²) in [5.41, 5.74) is 1.31. The van der Waals surface area contributed by atoms with E-state index in [9.17, 15) is 0 Å². The third-order valence-corrected chi connectivity index (χ3v) is 5.96. The quantitative estimate of drug-likeness (QED) is 0.777. The van der Waals surface area contributed by atoms with Crippen LogP contribution in [0.15, 0.2) is 36.4 Å². The first-order valence-electron chi connectivity index (χ1n) is 9.07. The van der Waals surface area contributed by atoms with Gasteiger partial charge in [-0.05, 0) is 36.7 Å². The van der Waals surface area contributed by atoms with Gasteiger partial charge in [0.2, 0.25) is 0 Å². The van der Waals surface area contributed by atoms with E-state index in [1.165, 1.54) is 51.1 Å². The number of hydrogen-bond acceptors (Lipinski definition) is 3. The lowest BCUT2D eigenvalue weighted by molar-refractivity contribution is 0.108. The molecule has 0 N–H and O–H groups in total. The van der Waals surface area contributed by atoms with Crippen molar-refractivity contribution in [1.82, 2.24) is 9.80 Å². The van der Waals surface area contributed by atoms with Gasteiger partial charge in [0.1, 0.15) is 5.75 Å². The van der Waals surface area contributed by atoms with Crippen LogP contribution in [0.25, 0.3) is 0 Å². The van der Waals surface area contributed by atoms with Gasteiger partial charge in [-0.25, -0.2) is 0 Å². The molecule has 2 bridgehead atoms. The van der Waals surface area contributed by atoms with Crippen molar-refractivity contribution in [2.24, 2.45) is 17.8 Å². The number of para-hydroxylation sites is 1. The van der Waals surface area contributed by atoms with Gasteiger partial charge in [0.25, 0.3) is 0 Å². The molecule has 2 aliphatic carbocycles. The Labute approximate surface area is 139 Å². The van der Waals surface area contributed by atoms with Crippen molar-refractivity contribution >= 4 is 0 Å². The molecule has 0 unspecified atom stereocenters. The van der Waals surface area contributed by atoms with Crippen LogP contribution in [0.4, 0.5) is 0 Å². The maximum atomic E-state index is 5.48. The topological polar surface area (TPSA) is 15.7 Å². The molecule has 1 saturated carbocycles. The molecule has 0 radical (unpaired) electrons. The summed E-state index contributed by atoms with van der Waals surface area (Å²) in [6.45, 7) is 7.10. The largest absolute Gasteiger partial charge is 0.496 e. The molecule has 1 heterocycles. The van der Waals surface area contributed by atoms with Gasteiger partial charge in [-0.1, -0.05) is 30.4 Å². The van der Waals surface area contributed by atoms with Gasteiger partial charge >= 0.3 is 0 Å². The SMILES string of the molecule is COc1ccccc1CN1CCN(C[C@H]2C[C@H]3C=C[C@@H]2C3)CC1. The zero-order valence-electron chi connectivity index (χ0n) is 14.2. The van der Waals surface area contributed by atoms with E-state index in [2.05, 4.69) is 40.2 Å². The average molecular weight is 312 g/mol. The Morgan fingerprint density at radius 1 is 1.00 bits per heavy atom. The molecule has 1 aromatic rings. The van der Waals surface area contributed by atoms with Crippen LogP contribution in [0.1, 0.15) is 18.4 Å². The van der Waals surface area contributed by atoms with E-state index in [1.807, 2.05) is 6.07 Å². The van der Waals surface area contributed by atoms with Crippen molar-refractivity contribution in [3.8, 4) is 5.75 Å². The van der Waals surface area contributed by atoms with Crippen molar-refractivity contribution in [3.63, 3.8) is 0 Å². The molecule has 3 nitrogen and oxygen atoms in total. The Bertz CT molecular complexity index is 563. The van der Waals surface area contributed by atoms with Gasteiger partial charge in [-0.3, -0.25) is 4.90 Å². The van der Waals surface area contributed by atoms with Gasteiger partial charge in [0.05, 0.1) is 7.11 Å². The van der Waals surface area contributed by atoms with Gasteiger partial charge in [0.15, 0.2) is 0 Å². The van der Waals surface area contributed by atoms with E-state index < -0.39 is 0 Å². The molecule has 4 rings (SSSR count). The molecule has 1 aromatic carbocycles. The molecule has 3 aliphatic rings. The molecular weight excluding hydrogens is 284 g/mol. The summed E-state index contributed by atoms with van der Waals surface area (Å²) in [5.74, 6) is 3.72. The number of hydrogen-bond donors (Lipinski definition) is 0. The maximum Gasteiger partial charge on any atom is 0.123 e. The van der Waals surface area contributed by atoms with Gasteiger partial charge in [-0.2, -0.15) is 0 Å². The fraction of sp³-hybridized carbons (Fsp3) is 0.600. The highest BCUT2D eigenvalue weighted by molar-refractivity contribution is 5.33. The van der Waals surface area contributed by atoms with Crippen LogP contribution in [-0.2, 0) is 6.54 Å². The molecule has 1 aliphatic heterocycles. The lowest BCUT2D eigenvalue weighted by atomic mass is 9.93. The molecule has 0 spiro atoms. The fourth-order valence-electron chi connectivity index (χ4n) is 4.64. The van der Waals surface area contributed by atoms with Crippen LogP contribution in [0, 0.1) is 17.8 Å². The van der Waals surface area contributed by atoms with Crippen molar-refractivity contribution < 1.29 is 4.74 Å². The normalized spacial score (nSPS) is 30.9. The second-order valence-corrected chi connectivity index (χ2v) is 7.43. The summed E-state index contributed by atoms with van der Waals surface area (Å²) in [6, 6.07) is 8.40. The van der Waals surface area contributed by atoms with E-state index in [-0.39, 0.29) is 0 Å². The first-order chi connectivity index (χ1) is 11.3. The number of methoxy groups -OCH3 is 1. The van der Waals surface area contributed by atoms with Crippen molar-refractivity contribution in [1.29, 1.82) is 0 Å². The molecular formula is C20H28N2O. The standard InChI is InChI=1S/C20H28N2O/c1-23-20-5-3-2-4-18(20)14-21-8-10-22(11-9-21)15-19-13-16-6-7-17(19)12-16/h2-7,16-17,19H,8-15H2,1H3/t16-,17+,19+/m0/s1. The Kier molecular flexibility index (Phi) is 4.41. The third-order valence-electron chi connectivity index (χ3n) is 5.96. The van der Waals surface area contributed by atoms with E-state index in [4.69, 9.17) is 4.74 Å². The van der Waals surface area contributed by atoms with Gasteiger partial charge in [-0.15, -0.1) is 0 Å². The summed E-state index contributed by atoms with van der Waals surface area (Å²) in [5, 5.41) is 0. The molecule has 124 valence electrons. The Balaban J connectivity index is 1.27. The molecule has 23 heavy (non-hydrogen) atoms. The summed E-state index contributed by atoms with van der Waals surface area (Å²) < 4.78 is 5.48. The zero-order chi connectivity index (χ0) is 15.6. The van der Waals surface area contributed by atoms with Crippen LogP contribution >= 0.6 is 0 Å². The van der Waals surface area contributed by atoms with E-state index >= 15 is 0 Å². The molecule has 0 aromatic heterocycles. The van der Waals surface area contributed by atoms with Crippen molar-refractivity contribution in [2.45, 2.75) is 19.4 Å². The highest BCUT2D eigenvalue weighted by atomic mass is 16.5. The number of piperazine rings is 1. The van der Waals surface area contributed by atoms with E-state index in [0.29, 0.717) is 0 Å². The summed E-state index contributed by atoms with van der Waals surface area (Å²) in [6.07, 6.45) is 7.80. The Morgan fingerprint density at radius 2 is 1.78 bits per heavy atom. The monoisotopic (exact) mass is 312 g/mol. The first-order valence-corrected chi connectivity index (χ1v) is 9.07. The second kappa shape index (κ2) is 6.66. The van der Waals surface area contributed by atoms with E-state index in [0.717, 1.165) is 30.0 Å². The molecule has 1 saturated heterocycles. The zero-order valence-corrected chi connectivity index (χ0v) is 14.2. The average Bonchev–Trinajstić information content (AvgIpc) is 3.20. The number of benzene rings is 1.